The Kier molecular flexibility index (Phi) is 39.6. The number of primary amides is 2. The van der Waals surface area contributed by atoms with Crippen LogP contribution < -0.4 is 81.4 Å². The number of rotatable bonds is 25. The maximum atomic E-state index is 15.7. The third kappa shape index (κ3) is 29.1. The van der Waals surface area contributed by atoms with Gasteiger partial charge in [0, 0.05) is 113 Å². The largest absolute Gasteiger partial charge is 0.394 e. The minimum absolute atomic E-state index is 0.0154. The predicted octanol–water partition coefficient (Wildman–Crippen LogP) is -3.50. The van der Waals surface area contributed by atoms with Gasteiger partial charge in [-0.15, -0.1) is 11.8 Å². The molecule has 720 valence electrons. The van der Waals surface area contributed by atoms with E-state index in [1.807, 2.05) is 13.8 Å². The summed E-state index contributed by atoms with van der Waals surface area (Å²) in [5, 5.41) is 60.2. The van der Waals surface area contributed by atoms with Gasteiger partial charge in [0.15, 0.2) is 5.96 Å². The number of amides is 17. The number of hydrogen-bond acceptors (Lipinski definition) is 22. The van der Waals surface area contributed by atoms with Gasteiger partial charge >= 0.3 is 0 Å². The zero-order valence-electron chi connectivity index (χ0n) is 75.5. The monoisotopic (exact) mass is 1860 g/mol. The van der Waals surface area contributed by atoms with Gasteiger partial charge in [0.1, 0.15) is 90.4 Å². The van der Waals surface area contributed by atoms with Crippen LogP contribution >= 0.6 is 11.8 Å². The summed E-state index contributed by atoms with van der Waals surface area (Å²) in [5.74, 6) is -18.9. The zero-order chi connectivity index (χ0) is 96.9. The van der Waals surface area contributed by atoms with E-state index >= 15 is 33.6 Å². The number of unbranched alkanes of at least 4 members (excludes halogenated alkanes) is 2. The lowest BCUT2D eigenvalue weighted by molar-refractivity contribution is -0.149. The van der Waals surface area contributed by atoms with E-state index in [-0.39, 0.29) is 83.2 Å². The zero-order valence-corrected chi connectivity index (χ0v) is 76.3. The number of halogens is 1. The lowest BCUT2D eigenvalue weighted by Gasteiger charge is -2.36. The number of carbonyl (C=O) groups is 17. The summed E-state index contributed by atoms with van der Waals surface area (Å²) in [5.41, 5.74) is 25.4. The molecule has 42 nitrogen and oxygen atoms in total. The number of nitrogens with two attached hydrogens (primary N) is 4. The molecule has 5 heterocycles. The van der Waals surface area contributed by atoms with Gasteiger partial charge in [-0.2, -0.15) is 0 Å². The van der Waals surface area contributed by atoms with Crippen molar-refractivity contribution in [3.8, 4) is 0 Å². The molecule has 0 aliphatic carbocycles. The molecule has 0 spiro atoms. The number of thioether (sulfide) groups is 1. The van der Waals surface area contributed by atoms with Crippen molar-refractivity contribution in [1.82, 2.24) is 93.0 Å². The Labute approximate surface area is 767 Å². The van der Waals surface area contributed by atoms with E-state index in [0.29, 0.717) is 64.2 Å². The second kappa shape index (κ2) is 50.0. The number of nitrogens with zero attached hydrogens (tertiary/aromatic N) is 5. The molecule has 3 aromatic carbocycles. The number of H-pyrrole nitrogens is 2. The van der Waals surface area contributed by atoms with Crippen molar-refractivity contribution in [3.63, 3.8) is 0 Å². The van der Waals surface area contributed by atoms with Gasteiger partial charge in [0.05, 0.1) is 31.4 Å². The van der Waals surface area contributed by atoms with Crippen LogP contribution in [0.3, 0.4) is 0 Å². The Morgan fingerprint density at radius 3 is 1.67 bits per heavy atom. The number of aliphatic hydroxyl groups is 2. The summed E-state index contributed by atoms with van der Waals surface area (Å²) >= 11 is 0.742. The average Bonchev–Trinajstić information content (AvgIpc) is 1.60. The maximum Gasteiger partial charge on any atom is 0.246 e. The van der Waals surface area contributed by atoms with Crippen LogP contribution in [0.2, 0.25) is 0 Å². The highest BCUT2D eigenvalue weighted by molar-refractivity contribution is 8.00. The van der Waals surface area contributed by atoms with Crippen LogP contribution in [0.4, 0.5) is 4.39 Å². The van der Waals surface area contributed by atoms with Crippen LogP contribution in [-0.4, -0.2) is 314 Å². The number of aromatic amines is 2. The highest BCUT2D eigenvalue weighted by Gasteiger charge is 2.47. The Bertz CT molecular complexity index is 4960. The van der Waals surface area contributed by atoms with E-state index in [2.05, 4.69) is 68.5 Å². The number of guanidine groups is 1. The quantitative estimate of drug-likeness (QED) is 0.0153. The molecule has 44 heteroatoms. The third-order valence-corrected chi connectivity index (χ3v) is 24.6. The maximum absolute atomic E-state index is 15.7. The van der Waals surface area contributed by atoms with E-state index in [1.165, 1.54) is 40.2 Å². The first-order chi connectivity index (χ1) is 62.8. The summed E-state index contributed by atoms with van der Waals surface area (Å²) < 4.78 is 14.4. The minimum atomic E-state index is -1.89. The van der Waals surface area contributed by atoms with Crippen molar-refractivity contribution >= 4 is 140 Å². The molecular formula is C88H126FN23O19S. The molecule has 8 rings (SSSR count). The van der Waals surface area contributed by atoms with Crippen LogP contribution in [0.15, 0.2) is 85.2 Å². The first kappa shape index (κ1) is 105. The molecule has 5 aromatic rings. The number of benzene rings is 3. The van der Waals surface area contributed by atoms with Crippen molar-refractivity contribution in [2.75, 3.05) is 72.0 Å². The second-order valence-electron chi connectivity index (χ2n) is 33.9. The number of carbonyl (C=O) groups excluding carboxylic acids is 17. The second-order valence-corrected chi connectivity index (χ2v) is 34.9. The van der Waals surface area contributed by atoms with E-state index in [1.54, 1.807) is 74.8 Å². The first-order valence-corrected chi connectivity index (χ1v) is 45.4. The Morgan fingerprint density at radius 1 is 0.553 bits per heavy atom. The van der Waals surface area contributed by atoms with Crippen LogP contribution in [0.25, 0.3) is 21.8 Å². The lowest BCUT2D eigenvalue weighted by atomic mass is 10.00. The van der Waals surface area contributed by atoms with Crippen molar-refractivity contribution < 1.29 is 96.1 Å². The van der Waals surface area contributed by atoms with Gasteiger partial charge in [-0.05, 0) is 98.7 Å². The van der Waals surface area contributed by atoms with Crippen molar-refractivity contribution in [2.24, 2.45) is 28.9 Å². The lowest BCUT2D eigenvalue weighted by Crippen LogP contribution is -2.62. The minimum Gasteiger partial charge on any atom is -0.394 e. The smallest absolute Gasteiger partial charge is 0.246 e. The normalized spacial score (nSPS) is 25.1. The van der Waals surface area contributed by atoms with Crippen LogP contribution in [0.5, 0.6) is 0 Å². The van der Waals surface area contributed by atoms with E-state index in [4.69, 9.17) is 28.3 Å². The summed E-state index contributed by atoms with van der Waals surface area (Å²) in [6.07, 6.45) is 1.13. The molecule has 15 atom stereocenters. The molecule has 0 radical (unpaired) electrons. The predicted molar refractivity (Wildman–Crippen MR) is 485 cm³/mol. The van der Waals surface area contributed by atoms with Gasteiger partial charge in [-0.3, -0.25) is 86.9 Å². The fourth-order valence-corrected chi connectivity index (χ4v) is 17.0. The molecule has 24 N–H and O–H groups in total. The van der Waals surface area contributed by atoms with Gasteiger partial charge in [0.25, 0.3) is 0 Å². The molecule has 0 bridgehead atoms. The van der Waals surface area contributed by atoms with E-state index in [9.17, 15) is 62.5 Å². The SMILES string of the molecule is CCCC[C@H]1C(=O)N(C)[C@@H](CCCC)C(=O)N[C@@H](CCCNC(=N)N)C(=O)N[C@H](C(=O)NCC(N)=O)CSCC(=O)N[C@@H](Cc2ccc(F)cc2)C(=O)N(C)[C@@H](C)C(=O)NC(CC(N)=O)C(=O)N2CCC[C@H]2C(=O)N[C@@H](CN)C(=O)N[C@@H](CC(C)C)C(=O)N2C[C@H](O)CC2C(=O)N[C@@H](Cc2c[nH]c3ccccc23)C(=O)N[C@@H](CO)C(=O)N[C@@H](Cc2c[nH]c3ccccc23)C(=O)N1C. The summed E-state index contributed by atoms with van der Waals surface area (Å²) in [4.78, 5) is 260. The molecule has 2 aromatic heterocycles. The highest BCUT2D eigenvalue weighted by Crippen LogP contribution is 2.28. The molecule has 132 heavy (non-hydrogen) atoms. The molecule has 0 saturated carbocycles. The van der Waals surface area contributed by atoms with Gasteiger partial charge in [-0.25, -0.2) is 4.39 Å². The van der Waals surface area contributed by atoms with Crippen molar-refractivity contribution in [2.45, 2.75) is 228 Å². The van der Waals surface area contributed by atoms with Gasteiger partial charge in [0.2, 0.25) is 100 Å². The van der Waals surface area contributed by atoms with Crippen molar-refractivity contribution in [1.29, 1.82) is 5.41 Å². The van der Waals surface area contributed by atoms with E-state index in [0.717, 1.165) is 48.4 Å². The molecule has 17 amide bonds. The number of hydrogen-bond donors (Lipinski definition) is 20. The Hall–Kier alpha value is -12.8. The Balaban J connectivity index is 1.19. The molecule has 3 fully saturated rings. The number of para-hydroxylation sites is 2. The topological polar surface area (TPSA) is 639 Å². The average molecular weight is 1860 g/mol. The number of aromatic nitrogens is 2. The Morgan fingerprint density at radius 2 is 1.08 bits per heavy atom. The number of aliphatic hydroxyl groups excluding tert-OH is 2. The molecular weight excluding hydrogens is 1730 g/mol. The third-order valence-electron chi connectivity index (χ3n) is 23.6. The summed E-state index contributed by atoms with van der Waals surface area (Å²) in [7, 11) is 3.86. The van der Waals surface area contributed by atoms with Gasteiger partial charge in [-0.1, -0.05) is 102 Å². The van der Waals surface area contributed by atoms with Crippen LogP contribution in [0.1, 0.15) is 135 Å². The summed E-state index contributed by atoms with van der Waals surface area (Å²) in [6.45, 7) is 5.32. The number of nitrogens with one attached hydrogen (secondary N) is 14. The summed E-state index contributed by atoms with van der Waals surface area (Å²) in [6, 6.07) is -3.14. The van der Waals surface area contributed by atoms with Crippen molar-refractivity contribution in [3.05, 3.63) is 108 Å². The fourth-order valence-electron chi connectivity index (χ4n) is 16.2. The van der Waals surface area contributed by atoms with E-state index < -0.39 is 253 Å². The standard InChI is InChI=1S/C88H126FN23O19S/c1-9-11-24-67-80(124)100-58(23-17-31-95-88(93)94)76(120)107-66(75(119)98-42-72(92)116)45-132-46-73(117)99-61(34-49-27-29-52(89)30-28-49)83(127)108(6)48(5)74(118)102-63(38-71(91)115)85(129)111-32-18-26-68(111)81(125)105-64(39-90)78(122)103-60(33-47(3)4)86(130)112-43-53(114)37-70(112)82(126)101-59(35-50-40-96-56-21-15-13-19-54(50)56)77(121)106-65(44-113)79(123)104-62(36-51-41-97-57-22-16-14-20-55(51)57)84(128)110(8)69(25-12-10-2)87(131)109(67)7/h13-16,19-22,27-30,40-41,47-48,53,58-70,96-97,113-114H,9-12,17-18,23-26,31-39,42-46,90H2,1-8H3,(H2,91,115)(H2,92,116)(H,98,119)(H,99,117)(H,100,124)(H,101,126)(H,102,118)(H,103,122)(H,104,123)(H,105,125)(H,106,121)(H,107,120)(H4,93,94,95)/t48-,53+,58-,59-,60-,61-,62-,63?,64-,65-,66-,67-,68-,69-,70?/m0/s1. The van der Waals surface area contributed by atoms with Crippen LogP contribution in [-0.2, 0) is 101 Å². The first-order valence-electron chi connectivity index (χ1n) is 44.2. The number of likely N-dealkylation sites (N-methyl/N-ethyl adjacent to an activating group) is 3. The van der Waals surface area contributed by atoms with Gasteiger partial charge < -0.3 is 126 Å². The molecule has 3 aliphatic rings. The fraction of sp³-hybridized carbons (Fsp3) is 0.545. The highest BCUT2D eigenvalue weighted by atomic mass is 32.2. The molecule has 3 saturated heterocycles. The molecule has 2 unspecified atom stereocenters. The van der Waals surface area contributed by atoms with Crippen LogP contribution in [0, 0.1) is 17.1 Å². The molecule has 3 aliphatic heterocycles. The number of fused-ring (bicyclic) bond motifs is 4.